The number of thiocarbonyl (C=S) groups is 1. The lowest BCUT2D eigenvalue weighted by Crippen LogP contribution is -2.51. The number of pyridine rings is 1. The van der Waals surface area contributed by atoms with E-state index in [0.717, 1.165) is 24.7 Å². The Morgan fingerprint density at radius 1 is 1.39 bits per heavy atom. The quantitative estimate of drug-likeness (QED) is 0.702. The highest BCUT2D eigenvalue weighted by Crippen LogP contribution is 2.34. The second-order valence-corrected chi connectivity index (χ2v) is 5.54. The fourth-order valence-electron chi connectivity index (χ4n) is 3.22. The van der Waals surface area contributed by atoms with Crippen LogP contribution in [-0.4, -0.2) is 34.7 Å². The zero-order valence-electron chi connectivity index (χ0n) is 10.4. The van der Waals surface area contributed by atoms with Crippen molar-refractivity contribution in [3.63, 3.8) is 0 Å². The van der Waals surface area contributed by atoms with Crippen LogP contribution < -0.4 is 10.9 Å². The Hall–Kier alpha value is -1.36. The number of nitrogens with one attached hydrogen (secondary N) is 1. The fourth-order valence-corrected chi connectivity index (χ4v) is 3.37. The summed E-state index contributed by atoms with van der Waals surface area (Å²) in [5.74, 6) is 0.959. The number of nitrogens with zero attached hydrogens (tertiary/aromatic N) is 2. The van der Waals surface area contributed by atoms with Gasteiger partial charge in [0.25, 0.3) is 5.56 Å². The van der Waals surface area contributed by atoms with Crippen LogP contribution in [0.15, 0.2) is 23.0 Å². The molecule has 1 N–H and O–H groups in total. The van der Waals surface area contributed by atoms with Gasteiger partial charge in [0, 0.05) is 44.4 Å². The molecule has 0 unspecified atom stereocenters. The molecule has 2 aliphatic heterocycles. The topological polar surface area (TPSA) is 37.3 Å². The van der Waals surface area contributed by atoms with Crippen molar-refractivity contribution in [2.75, 3.05) is 20.1 Å². The highest BCUT2D eigenvalue weighted by atomic mass is 32.1. The summed E-state index contributed by atoms with van der Waals surface area (Å²) < 4.78 is 1.94. The lowest BCUT2D eigenvalue weighted by molar-refractivity contribution is 0.178. The van der Waals surface area contributed by atoms with Gasteiger partial charge in [-0.25, -0.2) is 0 Å². The molecule has 18 heavy (non-hydrogen) atoms. The molecule has 0 aliphatic carbocycles. The predicted octanol–water partition coefficient (Wildman–Crippen LogP) is 0.772. The van der Waals surface area contributed by atoms with Crippen LogP contribution in [0.2, 0.25) is 0 Å². The Balaban J connectivity index is 1.95. The van der Waals surface area contributed by atoms with Gasteiger partial charge >= 0.3 is 0 Å². The molecule has 3 rings (SSSR count). The van der Waals surface area contributed by atoms with Gasteiger partial charge in [-0.1, -0.05) is 6.07 Å². The number of rotatable bonds is 0. The summed E-state index contributed by atoms with van der Waals surface area (Å²) in [4.78, 5) is 14.1. The zero-order valence-corrected chi connectivity index (χ0v) is 11.2. The predicted molar refractivity (Wildman–Crippen MR) is 74.8 cm³/mol. The van der Waals surface area contributed by atoms with E-state index in [-0.39, 0.29) is 5.56 Å². The van der Waals surface area contributed by atoms with E-state index in [0.29, 0.717) is 11.8 Å². The first-order chi connectivity index (χ1) is 8.69. The smallest absolute Gasteiger partial charge is 0.250 e. The average Bonchev–Trinajstić information content (AvgIpc) is 2.39. The number of likely N-dealkylation sites (tertiary alicyclic amines) is 1. The molecule has 4 nitrogen and oxygen atoms in total. The Kier molecular flexibility index (Phi) is 2.86. The van der Waals surface area contributed by atoms with E-state index in [1.165, 1.54) is 12.1 Å². The SMILES string of the molecule is CNC(=S)N1C[C@H]2C[C@@H](C1)c1cccc(=O)n1C2. The van der Waals surface area contributed by atoms with Crippen LogP contribution >= 0.6 is 12.2 Å². The van der Waals surface area contributed by atoms with Crippen LogP contribution in [-0.2, 0) is 6.54 Å². The van der Waals surface area contributed by atoms with E-state index < -0.39 is 0 Å². The average molecular weight is 263 g/mol. The van der Waals surface area contributed by atoms with Gasteiger partial charge in [0.15, 0.2) is 5.11 Å². The first kappa shape index (κ1) is 11.7. The van der Waals surface area contributed by atoms with E-state index >= 15 is 0 Å². The minimum atomic E-state index is 0.131. The van der Waals surface area contributed by atoms with E-state index in [1.807, 2.05) is 17.7 Å². The van der Waals surface area contributed by atoms with Crippen molar-refractivity contribution in [3.8, 4) is 0 Å². The summed E-state index contributed by atoms with van der Waals surface area (Å²) in [5, 5.41) is 3.86. The molecule has 0 amide bonds. The fraction of sp³-hybridized carbons (Fsp3) is 0.538. The zero-order chi connectivity index (χ0) is 12.7. The van der Waals surface area contributed by atoms with Crippen LogP contribution in [0.3, 0.4) is 0 Å². The highest BCUT2D eigenvalue weighted by molar-refractivity contribution is 7.80. The first-order valence-electron chi connectivity index (χ1n) is 6.35. The molecule has 1 aromatic heterocycles. The molecule has 2 atom stereocenters. The third-order valence-electron chi connectivity index (χ3n) is 3.98. The van der Waals surface area contributed by atoms with E-state index in [4.69, 9.17) is 12.2 Å². The highest BCUT2D eigenvalue weighted by Gasteiger charge is 2.34. The summed E-state index contributed by atoms with van der Waals surface area (Å²) in [7, 11) is 1.87. The summed E-state index contributed by atoms with van der Waals surface area (Å²) >= 11 is 5.32. The van der Waals surface area contributed by atoms with Gasteiger partial charge in [-0.15, -0.1) is 0 Å². The van der Waals surface area contributed by atoms with Crippen LogP contribution in [0, 0.1) is 5.92 Å². The van der Waals surface area contributed by atoms with Gasteiger partial charge in [-0.2, -0.15) is 0 Å². The largest absolute Gasteiger partial charge is 0.366 e. The molecule has 1 fully saturated rings. The molecule has 0 radical (unpaired) electrons. The van der Waals surface area contributed by atoms with Crippen molar-refractivity contribution in [3.05, 3.63) is 34.2 Å². The maximum absolute atomic E-state index is 11.9. The molecule has 1 saturated heterocycles. The Bertz CT molecular complexity index is 539. The molecule has 3 heterocycles. The van der Waals surface area contributed by atoms with Crippen molar-refractivity contribution in [1.82, 2.24) is 14.8 Å². The molecule has 0 saturated carbocycles. The lowest BCUT2D eigenvalue weighted by Gasteiger charge is -2.43. The van der Waals surface area contributed by atoms with Crippen LogP contribution in [0.25, 0.3) is 0 Å². The van der Waals surface area contributed by atoms with Crippen LogP contribution in [0.4, 0.5) is 0 Å². The number of fused-ring (bicyclic) bond motifs is 4. The van der Waals surface area contributed by atoms with E-state index in [1.54, 1.807) is 6.07 Å². The second kappa shape index (κ2) is 4.39. The maximum atomic E-state index is 11.9. The summed E-state index contributed by atoms with van der Waals surface area (Å²) in [6.07, 6.45) is 1.17. The van der Waals surface area contributed by atoms with Crippen molar-refractivity contribution >= 4 is 17.3 Å². The summed E-state index contributed by atoms with van der Waals surface area (Å²) in [5.41, 5.74) is 1.30. The molecular weight excluding hydrogens is 246 g/mol. The number of hydrogen-bond donors (Lipinski definition) is 1. The Labute approximate surface area is 112 Å². The first-order valence-corrected chi connectivity index (χ1v) is 6.76. The molecule has 2 aliphatic rings. The molecule has 96 valence electrons. The second-order valence-electron chi connectivity index (χ2n) is 5.16. The molecular formula is C13H17N3OS. The number of aromatic nitrogens is 1. The van der Waals surface area contributed by atoms with Crippen molar-refractivity contribution in [2.45, 2.75) is 18.9 Å². The van der Waals surface area contributed by atoms with Gasteiger partial charge < -0.3 is 14.8 Å². The molecule has 0 aromatic carbocycles. The Morgan fingerprint density at radius 3 is 3.00 bits per heavy atom. The van der Waals surface area contributed by atoms with Gasteiger partial charge in [0.2, 0.25) is 0 Å². The molecule has 1 aromatic rings. The number of piperidine rings is 1. The van der Waals surface area contributed by atoms with Gasteiger partial charge in [0.05, 0.1) is 0 Å². The van der Waals surface area contributed by atoms with Gasteiger partial charge in [-0.3, -0.25) is 4.79 Å². The summed E-state index contributed by atoms with van der Waals surface area (Å²) in [6, 6.07) is 5.60. The normalized spacial score (nSPS) is 25.5. The van der Waals surface area contributed by atoms with Crippen molar-refractivity contribution in [1.29, 1.82) is 0 Å². The molecule has 0 spiro atoms. The minimum absolute atomic E-state index is 0.131. The van der Waals surface area contributed by atoms with Crippen molar-refractivity contribution < 1.29 is 0 Å². The lowest BCUT2D eigenvalue weighted by atomic mass is 9.83. The molecule has 5 heteroatoms. The van der Waals surface area contributed by atoms with E-state index in [9.17, 15) is 4.79 Å². The van der Waals surface area contributed by atoms with Gasteiger partial charge in [-0.05, 0) is 30.6 Å². The third-order valence-corrected chi connectivity index (χ3v) is 4.44. The minimum Gasteiger partial charge on any atom is -0.366 e. The third kappa shape index (κ3) is 1.82. The van der Waals surface area contributed by atoms with Crippen molar-refractivity contribution in [2.24, 2.45) is 5.92 Å². The number of hydrogen-bond acceptors (Lipinski definition) is 2. The standard InChI is InChI=1S/C13H17N3OS/c1-14-13(18)15-6-9-5-10(8-15)11-3-2-4-12(17)16(11)7-9/h2-4,9-10H,5-8H2,1H3,(H,14,18)/t9-,10+/m1/s1. The van der Waals surface area contributed by atoms with Crippen LogP contribution in [0.1, 0.15) is 18.0 Å². The molecule has 2 bridgehead atoms. The van der Waals surface area contributed by atoms with Crippen LogP contribution in [0.5, 0.6) is 0 Å². The van der Waals surface area contributed by atoms with Gasteiger partial charge in [0.1, 0.15) is 0 Å². The maximum Gasteiger partial charge on any atom is 0.250 e. The summed E-state index contributed by atoms with van der Waals surface area (Å²) in [6.45, 7) is 2.70. The van der Waals surface area contributed by atoms with E-state index in [2.05, 4.69) is 16.3 Å². The Morgan fingerprint density at radius 2 is 2.22 bits per heavy atom. The monoisotopic (exact) mass is 263 g/mol.